The third kappa shape index (κ3) is 7.78. The van der Waals surface area contributed by atoms with Gasteiger partial charge in [-0.25, -0.2) is 9.18 Å². The minimum absolute atomic E-state index is 0.0602. The number of nitrogens with zero attached hydrogens (tertiary/aromatic N) is 1. The molecule has 37 heavy (non-hydrogen) atoms. The lowest BCUT2D eigenvalue weighted by molar-refractivity contribution is -0.183. The monoisotopic (exact) mass is 513 g/mol. The van der Waals surface area contributed by atoms with Gasteiger partial charge >= 0.3 is 5.97 Å². The molecule has 6 heteroatoms. The topological polar surface area (TPSA) is 48.0 Å². The molecule has 0 heterocycles. The molecule has 0 unspecified atom stereocenters. The molecular formula is C31H44FNO4. The summed E-state index contributed by atoms with van der Waals surface area (Å²) in [6.07, 6.45) is 5.68. The number of ether oxygens (including phenoxy) is 3. The van der Waals surface area contributed by atoms with Crippen LogP contribution in [0, 0.1) is 11.7 Å². The van der Waals surface area contributed by atoms with Gasteiger partial charge in [0.2, 0.25) is 0 Å². The van der Waals surface area contributed by atoms with E-state index in [9.17, 15) is 9.18 Å². The van der Waals surface area contributed by atoms with Crippen molar-refractivity contribution in [3.8, 4) is 5.75 Å². The van der Waals surface area contributed by atoms with Crippen LogP contribution in [-0.4, -0.2) is 50.3 Å². The van der Waals surface area contributed by atoms with E-state index in [0.29, 0.717) is 13.0 Å². The van der Waals surface area contributed by atoms with Crippen molar-refractivity contribution < 1.29 is 23.4 Å². The molecule has 1 aliphatic rings. The van der Waals surface area contributed by atoms with Crippen LogP contribution in [0.25, 0.3) is 0 Å². The van der Waals surface area contributed by atoms with Crippen LogP contribution < -0.4 is 4.74 Å². The molecule has 5 nitrogen and oxygen atoms in total. The molecule has 2 aromatic carbocycles. The van der Waals surface area contributed by atoms with Crippen molar-refractivity contribution in [2.75, 3.05) is 33.9 Å². The summed E-state index contributed by atoms with van der Waals surface area (Å²) in [5, 5.41) is 0. The molecule has 0 aromatic heterocycles. The molecule has 1 aliphatic carbocycles. The lowest BCUT2D eigenvalue weighted by Crippen LogP contribution is -2.49. The molecule has 0 aliphatic heterocycles. The van der Waals surface area contributed by atoms with E-state index in [1.54, 1.807) is 19.2 Å². The fraction of sp³-hybridized carbons (Fsp3) is 0.581. The lowest BCUT2D eigenvalue weighted by atomic mass is 9.85. The summed E-state index contributed by atoms with van der Waals surface area (Å²) >= 11 is 0. The summed E-state index contributed by atoms with van der Waals surface area (Å²) in [5.41, 5.74) is 2.05. The van der Waals surface area contributed by atoms with Crippen molar-refractivity contribution in [2.45, 2.75) is 77.4 Å². The summed E-state index contributed by atoms with van der Waals surface area (Å²) in [6.45, 7) is 8.47. The van der Waals surface area contributed by atoms with Gasteiger partial charge in [-0.2, -0.15) is 0 Å². The Kier molecular flexibility index (Phi) is 11.0. The smallest absolute Gasteiger partial charge is 0.339 e. The van der Waals surface area contributed by atoms with Gasteiger partial charge in [-0.05, 0) is 86.0 Å². The largest absolute Gasteiger partial charge is 0.494 e. The number of fused-ring (bicyclic) bond motifs is 1. The lowest BCUT2D eigenvalue weighted by Gasteiger charge is -2.37. The molecule has 3 rings (SSSR count). The summed E-state index contributed by atoms with van der Waals surface area (Å²) in [7, 11) is 3.66. The number of benzene rings is 2. The number of halogens is 1. The van der Waals surface area contributed by atoms with Gasteiger partial charge in [-0.1, -0.05) is 45.4 Å². The molecule has 0 bridgehead atoms. The Labute approximate surface area is 222 Å². The third-order valence-corrected chi connectivity index (χ3v) is 7.59. The summed E-state index contributed by atoms with van der Waals surface area (Å²) in [6, 6.07) is 13.1. The predicted molar refractivity (Wildman–Crippen MR) is 145 cm³/mol. The number of carbonyl (C=O) groups is 1. The molecule has 0 saturated heterocycles. The normalized spacial score (nSPS) is 16.9. The van der Waals surface area contributed by atoms with E-state index in [0.717, 1.165) is 68.6 Å². The minimum atomic E-state index is -1.04. The third-order valence-electron chi connectivity index (χ3n) is 7.59. The van der Waals surface area contributed by atoms with Gasteiger partial charge in [0.15, 0.2) is 5.60 Å². The highest BCUT2D eigenvalue weighted by Crippen LogP contribution is 2.36. The highest BCUT2D eigenvalue weighted by Gasteiger charge is 2.44. The number of unbranched alkanes of at least 4 members (excludes halogenated alkanes) is 1. The van der Waals surface area contributed by atoms with Crippen LogP contribution in [0.4, 0.5) is 4.39 Å². The maximum Gasteiger partial charge on any atom is 0.339 e. The molecule has 0 saturated carbocycles. The molecule has 2 aromatic rings. The van der Waals surface area contributed by atoms with E-state index >= 15 is 0 Å². The van der Waals surface area contributed by atoms with Crippen molar-refractivity contribution in [1.82, 2.24) is 4.90 Å². The Morgan fingerprint density at radius 2 is 1.92 bits per heavy atom. The number of carbonyl (C=O) groups excluding carboxylic acids is 1. The Balaban J connectivity index is 1.56. The fourth-order valence-corrected chi connectivity index (χ4v) is 5.01. The van der Waals surface area contributed by atoms with Crippen LogP contribution in [0.3, 0.4) is 0 Å². The van der Waals surface area contributed by atoms with Crippen molar-refractivity contribution in [3.05, 3.63) is 65.0 Å². The summed E-state index contributed by atoms with van der Waals surface area (Å²) < 4.78 is 31.4. The number of methoxy groups -OCH3 is 1. The zero-order valence-electron chi connectivity index (χ0n) is 23.2. The van der Waals surface area contributed by atoms with E-state index in [1.165, 1.54) is 11.6 Å². The number of rotatable bonds is 14. The first kappa shape index (κ1) is 29.1. The van der Waals surface area contributed by atoms with Crippen molar-refractivity contribution >= 4 is 5.97 Å². The minimum Gasteiger partial charge on any atom is -0.494 e. The summed E-state index contributed by atoms with van der Waals surface area (Å²) in [5.74, 6) is 0.268. The number of hydrogen-bond acceptors (Lipinski definition) is 5. The Morgan fingerprint density at radius 3 is 2.59 bits per heavy atom. The van der Waals surface area contributed by atoms with E-state index in [2.05, 4.69) is 31.0 Å². The molecule has 204 valence electrons. The van der Waals surface area contributed by atoms with Crippen LogP contribution in [-0.2, 0) is 27.1 Å². The van der Waals surface area contributed by atoms with Gasteiger partial charge < -0.3 is 19.1 Å². The number of likely N-dealkylation sites (N-methyl/N-ethyl adjacent to an activating group) is 1. The standard InChI is InChI=1S/C31H44FNO4/c1-6-7-21-36-27-14-11-24(12-15-27)17-19-33(4)20-18-31(35-5,23(2)3)30(34)37-29-10-8-9-25-22-26(32)13-16-28(25)29/h11-16,22-23,29H,6-10,17-21H2,1-5H3/t29-,31-/m0/s1. The highest BCUT2D eigenvalue weighted by atomic mass is 19.1. The summed E-state index contributed by atoms with van der Waals surface area (Å²) in [4.78, 5) is 15.8. The fourth-order valence-electron chi connectivity index (χ4n) is 5.01. The maximum absolute atomic E-state index is 13.7. The van der Waals surface area contributed by atoms with Crippen LogP contribution in [0.15, 0.2) is 42.5 Å². The number of aryl methyl sites for hydroxylation is 1. The average molecular weight is 514 g/mol. The molecule has 2 atom stereocenters. The molecule has 0 spiro atoms. The quantitative estimate of drug-likeness (QED) is 0.212. The van der Waals surface area contributed by atoms with Gasteiger partial charge in [0.25, 0.3) is 0 Å². The first-order valence-corrected chi connectivity index (χ1v) is 13.7. The van der Waals surface area contributed by atoms with Crippen LogP contribution in [0.2, 0.25) is 0 Å². The zero-order chi connectivity index (χ0) is 26.8. The van der Waals surface area contributed by atoms with Gasteiger partial charge in [-0.15, -0.1) is 0 Å². The van der Waals surface area contributed by atoms with Crippen LogP contribution in [0.1, 0.15) is 75.7 Å². The predicted octanol–water partition coefficient (Wildman–Crippen LogP) is 6.53. The first-order valence-electron chi connectivity index (χ1n) is 13.7. The molecular weight excluding hydrogens is 469 g/mol. The average Bonchev–Trinajstić information content (AvgIpc) is 2.88. The Morgan fingerprint density at radius 1 is 1.16 bits per heavy atom. The Bertz CT molecular complexity index is 993. The Hall–Kier alpha value is -2.44. The second-order valence-corrected chi connectivity index (χ2v) is 10.5. The second kappa shape index (κ2) is 13.9. The van der Waals surface area contributed by atoms with E-state index in [4.69, 9.17) is 14.2 Å². The first-order chi connectivity index (χ1) is 17.8. The maximum atomic E-state index is 13.7. The molecule has 0 fully saturated rings. The zero-order valence-corrected chi connectivity index (χ0v) is 23.2. The molecule has 0 radical (unpaired) electrons. The van der Waals surface area contributed by atoms with Gasteiger partial charge in [0.05, 0.1) is 6.61 Å². The van der Waals surface area contributed by atoms with Crippen molar-refractivity contribution in [1.29, 1.82) is 0 Å². The van der Waals surface area contributed by atoms with Crippen molar-refractivity contribution in [3.63, 3.8) is 0 Å². The SMILES string of the molecule is CCCCOc1ccc(CCN(C)CC[C@@](OC)(C(=O)O[C@H]2CCCc3cc(F)ccc32)C(C)C)cc1. The van der Waals surface area contributed by atoms with E-state index in [-0.39, 0.29) is 23.8 Å². The number of hydrogen-bond donors (Lipinski definition) is 0. The number of esters is 1. The van der Waals surface area contributed by atoms with Gasteiger partial charge in [0, 0.05) is 26.6 Å². The molecule has 0 N–H and O–H groups in total. The highest BCUT2D eigenvalue weighted by molar-refractivity contribution is 5.80. The van der Waals surface area contributed by atoms with Gasteiger partial charge in [-0.3, -0.25) is 0 Å². The van der Waals surface area contributed by atoms with E-state index < -0.39 is 5.60 Å². The van der Waals surface area contributed by atoms with Crippen LogP contribution >= 0.6 is 0 Å². The van der Waals surface area contributed by atoms with Crippen LogP contribution in [0.5, 0.6) is 5.75 Å². The second-order valence-electron chi connectivity index (χ2n) is 10.5. The van der Waals surface area contributed by atoms with Gasteiger partial charge in [0.1, 0.15) is 17.7 Å². The van der Waals surface area contributed by atoms with Crippen molar-refractivity contribution in [2.24, 2.45) is 5.92 Å². The van der Waals surface area contributed by atoms with E-state index in [1.807, 2.05) is 26.0 Å². The molecule has 0 amide bonds.